The average Bonchev–Trinajstić information content (AvgIpc) is 3.17. The topological polar surface area (TPSA) is 59.8 Å². The maximum Gasteiger partial charge on any atom is 0.295 e. The molecule has 4 aromatic rings. The molecule has 5 nitrogen and oxygen atoms in total. The lowest BCUT2D eigenvalue weighted by Gasteiger charge is -2.07. The zero-order valence-electron chi connectivity index (χ0n) is 15.7. The number of nitrogens with zero attached hydrogens (tertiary/aromatic N) is 3. The monoisotopic (exact) mass is 440 g/mol. The van der Waals surface area contributed by atoms with Crippen LogP contribution < -0.4 is 5.32 Å². The van der Waals surface area contributed by atoms with Crippen molar-refractivity contribution >= 4 is 34.8 Å². The SMILES string of the molecule is Cc1ccc(Cl)cc1NC(=O)c1nc(-c2cccc(Cl)c2)n(-c2ccc(F)cc2)n1. The molecule has 1 aromatic heterocycles. The Kier molecular flexibility index (Phi) is 5.53. The van der Waals surface area contributed by atoms with Gasteiger partial charge in [-0.1, -0.05) is 41.4 Å². The molecule has 4 rings (SSSR count). The van der Waals surface area contributed by atoms with Gasteiger partial charge in [0.25, 0.3) is 5.91 Å². The summed E-state index contributed by atoms with van der Waals surface area (Å²) in [4.78, 5) is 17.3. The van der Waals surface area contributed by atoms with Crippen molar-refractivity contribution in [2.24, 2.45) is 0 Å². The first kappa shape index (κ1) is 20.1. The molecule has 0 aliphatic carbocycles. The minimum Gasteiger partial charge on any atom is -0.319 e. The van der Waals surface area contributed by atoms with Crippen LogP contribution >= 0.6 is 23.2 Å². The number of aryl methyl sites for hydroxylation is 1. The van der Waals surface area contributed by atoms with Gasteiger partial charge in [0, 0.05) is 21.3 Å². The molecule has 0 aliphatic rings. The minimum atomic E-state index is -0.496. The number of hydrogen-bond acceptors (Lipinski definition) is 3. The summed E-state index contributed by atoms with van der Waals surface area (Å²) in [5.74, 6) is -0.521. The quantitative estimate of drug-likeness (QED) is 0.426. The first-order valence-corrected chi connectivity index (χ1v) is 9.73. The lowest BCUT2D eigenvalue weighted by molar-refractivity contribution is 0.101. The number of nitrogens with one attached hydrogen (secondary N) is 1. The number of benzene rings is 3. The van der Waals surface area contributed by atoms with E-state index in [1.165, 1.54) is 16.8 Å². The van der Waals surface area contributed by atoms with Crippen LogP contribution in [0.2, 0.25) is 10.0 Å². The molecular formula is C22H15Cl2FN4O. The number of amides is 1. The molecule has 0 aliphatic heterocycles. The second-order valence-corrected chi connectivity index (χ2v) is 7.44. The summed E-state index contributed by atoms with van der Waals surface area (Å²) in [6, 6.07) is 18.0. The van der Waals surface area contributed by atoms with Crippen molar-refractivity contribution in [1.82, 2.24) is 14.8 Å². The highest BCUT2D eigenvalue weighted by Crippen LogP contribution is 2.25. The van der Waals surface area contributed by atoms with Crippen LogP contribution in [-0.2, 0) is 0 Å². The van der Waals surface area contributed by atoms with Crippen LogP contribution in [0.15, 0.2) is 66.7 Å². The summed E-state index contributed by atoms with van der Waals surface area (Å²) in [5, 5.41) is 8.16. The average molecular weight is 441 g/mol. The zero-order chi connectivity index (χ0) is 21.3. The highest BCUT2D eigenvalue weighted by molar-refractivity contribution is 6.31. The normalized spacial score (nSPS) is 10.8. The molecule has 0 bridgehead atoms. The van der Waals surface area contributed by atoms with Crippen molar-refractivity contribution in [2.75, 3.05) is 5.32 Å². The van der Waals surface area contributed by atoms with E-state index in [0.29, 0.717) is 32.8 Å². The minimum absolute atomic E-state index is 0.0475. The Morgan fingerprint density at radius 1 is 1.00 bits per heavy atom. The second kappa shape index (κ2) is 8.26. The summed E-state index contributed by atoms with van der Waals surface area (Å²) < 4.78 is 14.9. The summed E-state index contributed by atoms with van der Waals surface area (Å²) in [6.45, 7) is 1.86. The highest BCUT2D eigenvalue weighted by atomic mass is 35.5. The van der Waals surface area contributed by atoms with Gasteiger partial charge in [-0.05, 0) is 61.0 Å². The standard InChI is InChI=1S/C22H15Cl2FN4O/c1-13-5-6-16(24)12-19(13)26-22(30)20-27-21(14-3-2-4-15(23)11-14)29(28-20)18-9-7-17(25)8-10-18/h2-12H,1H3,(H,26,30). The van der Waals surface area contributed by atoms with Crippen molar-refractivity contribution in [2.45, 2.75) is 6.92 Å². The van der Waals surface area contributed by atoms with Gasteiger partial charge in [0.05, 0.1) is 5.69 Å². The molecule has 0 saturated carbocycles. The van der Waals surface area contributed by atoms with E-state index in [2.05, 4.69) is 15.4 Å². The molecule has 1 amide bonds. The van der Waals surface area contributed by atoms with E-state index in [4.69, 9.17) is 23.2 Å². The molecule has 0 saturated heterocycles. The largest absolute Gasteiger partial charge is 0.319 e. The van der Waals surface area contributed by atoms with Gasteiger partial charge in [-0.3, -0.25) is 4.79 Å². The fourth-order valence-electron chi connectivity index (χ4n) is 2.89. The maximum absolute atomic E-state index is 13.4. The van der Waals surface area contributed by atoms with Crippen molar-refractivity contribution in [3.8, 4) is 17.1 Å². The van der Waals surface area contributed by atoms with Crippen LogP contribution in [-0.4, -0.2) is 20.7 Å². The third-order valence-electron chi connectivity index (χ3n) is 4.41. The zero-order valence-corrected chi connectivity index (χ0v) is 17.2. The van der Waals surface area contributed by atoms with E-state index < -0.39 is 5.91 Å². The van der Waals surface area contributed by atoms with E-state index >= 15 is 0 Å². The maximum atomic E-state index is 13.4. The molecular weight excluding hydrogens is 426 g/mol. The Morgan fingerprint density at radius 3 is 2.47 bits per heavy atom. The molecule has 0 fully saturated rings. The van der Waals surface area contributed by atoms with Crippen LogP contribution in [0.1, 0.15) is 16.2 Å². The van der Waals surface area contributed by atoms with Gasteiger partial charge in [0.15, 0.2) is 5.82 Å². The second-order valence-electron chi connectivity index (χ2n) is 6.57. The highest BCUT2D eigenvalue weighted by Gasteiger charge is 2.20. The van der Waals surface area contributed by atoms with Crippen LogP contribution in [0, 0.1) is 12.7 Å². The molecule has 0 radical (unpaired) electrons. The van der Waals surface area contributed by atoms with E-state index in [9.17, 15) is 9.18 Å². The Morgan fingerprint density at radius 2 is 1.73 bits per heavy atom. The van der Waals surface area contributed by atoms with Gasteiger partial charge in [0.1, 0.15) is 5.82 Å². The molecule has 8 heteroatoms. The smallest absolute Gasteiger partial charge is 0.295 e. The third kappa shape index (κ3) is 4.20. The Bertz CT molecular complexity index is 1240. The van der Waals surface area contributed by atoms with Gasteiger partial charge in [0.2, 0.25) is 5.82 Å². The van der Waals surface area contributed by atoms with Gasteiger partial charge in [-0.25, -0.2) is 14.1 Å². The van der Waals surface area contributed by atoms with Gasteiger partial charge in [-0.2, -0.15) is 0 Å². The number of hydrogen-bond donors (Lipinski definition) is 1. The van der Waals surface area contributed by atoms with Gasteiger partial charge < -0.3 is 5.32 Å². The van der Waals surface area contributed by atoms with E-state index in [1.807, 2.05) is 6.92 Å². The molecule has 150 valence electrons. The van der Waals surface area contributed by atoms with Gasteiger partial charge in [-0.15, -0.1) is 5.10 Å². The Balaban J connectivity index is 1.77. The van der Waals surface area contributed by atoms with Crippen LogP contribution in [0.5, 0.6) is 0 Å². The molecule has 30 heavy (non-hydrogen) atoms. The molecule has 0 spiro atoms. The lowest BCUT2D eigenvalue weighted by Crippen LogP contribution is -2.15. The number of halogens is 3. The predicted octanol–water partition coefficient (Wildman–Crippen LogP) is 5.94. The number of carbonyl (C=O) groups is 1. The van der Waals surface area contributed by atoms with Gasteiger partial charge >= 0.3 is 0 Å². The summed E-state index contributed by atoms with van der Waals surface area (Å²) in [6.07, 6.45) is 0. The Labute approximate surface area is 182 Å². The van der Waals surface area contributed by atoms with Crippen molar-refractivity contribution in [3.05, 3.63) is 94.0 Å². The van der Waals surface area contributed by atoms with Crippen molar-refractivity contribution < 1.29 is 9.18 Å². The first-order valence-electron chi connectivity index (χ1n) is 8.97. The molecule has 0 unspecified atom stereocenters. The number of anilines is 1. The first-order chi connectivity index (χ1) is 14.4. The lowest BCUT2D eigenvalue weighted by atomic mass is 10.2. The molecule has 1 heterocycles. The number of rotatable bonds is 4. The third-order valence-corrected chi connectivity index (χ3v) is 4.88. The van der Waals surface area contributed by atoms with Crippen LogP contribution in [0.3, 0.4) is 0 Å². The number of aromatic nitrogens is 3. The van der Waals surface area contributed by atoms with E-state index in [1.54, 1.807) is 54.6 Å². The molecule has 0 atom stereocenters. The van der Waals surface area contributed by atoms with Crippen LogP contribution in [0.4, 0.5) is 10.1 Å². The van der Waals surface area contributed by atoms with Crippen LogP contribution in [0.25, 0.3) is 17.1 Å². The Hall–Kier alpha value is -3.22. The number of carbonyl (C=O) groups excluding carboxylic acids is 1. The summed E-state index contributed by atoms with van der Waals surface area (Å²) >= 11 is 12.2. The van der Waals surface area contributed by atoms with Crippen molar-refractivity contribution in [1.29, 1.82) is 0 Å². The fraction of sp³-hybridized carbons (Fsp3) is 0.0455. The molecule has 3 aromatic carbocycles. The molecule has 1 N–H and O–H groups in total. The van der Waals surface area contributed by atoms with Crippen molar-refractivity contribution in [3.63, 3.8) is 0 Å². The van der Waals surface area contributed by atoms with E-state index in [-0.39, 0.29) is 11.6 Å². The fourth-order valence-corrected chi connectivity index (χ4v) is 3.25. The summed E-state index contributed by atoms with van der Waals surface area (Å²) in [7, 11) is 0. The van der Waals surface area contributed by atoms with E-state index in [0.717, 1.165) is 5.56 Å². The predicted molar refractivity (Wildman–Crippen MR) is 116 cm³/mol. The summed E-state index contributed by atoms with van der Waals surface area (Å²) in [5.41, 5.74) is 2.63.